The molecule has 1 rings (SSSR count). The van der Waals surface area contributed by atoms with Gasteiger partial charge in [0.05, 0.1) is 18.0 Å². The maximum Gasteiger partial charge on any atom is 0.106 e. The van der Waals surface area contributed by atoms with Crippen LogP contribution in [0.5, 0.6) is 0 Å². The fourth-order valence-electron chi connectivity index (χ4n) is 1.79. The number of aryl methyl sites for hydroxylation is 1. The predicted molar refractivity (Wildman–Crippen MR) is 66.3 cm³/mol. The van der Waals surface area contributed by atoms with Crippen LogP contribution in [0.1, 0.15) is 70.0 Å². The Hall–Kier alpha value is -0.830. The van der Waals surface area contributed by atoms with Crippen LogP contribution in [0.25, 0.3) is 0 Å². The van der Waals surface area contributed by atoms with Crippen molar-refractivity contribution >= 4 is 0 Å². The number of hydrogen-bond donors (Lipinski definition) is 2. The molecule has 1 atom stereocenters. The van der Waals surface area contributed by atoms with E-state index >= 15 is 0 Å². The number of rotatable bonds is 8. The average molecular weight is 224 g/mol. The molecule has 2 N–H and O–H groups in total. The van der Waals surface area contributed by atoms with E-state index in [4.69, 9.17) is 0 Å². The number of aromatic amines is 1. The van der Waals surface area contributed by atoms with Crippen LogP contribution in [-0.4, -0.2) is 15.1 Å². The molecule has 1 aromatic rings. The van der Waals surface area contributed by atoms with Crippen molar-refractivity contribution in [2.24, 2.45) is 0 Å². The Balaban J connectivity index is 2.12. The van der Waals surface area contributed by atoms with Gasteiger partial charge in [0, 0.05) is 6.42 Å². The molecule has 0 bridgehead atoms. The summed E-state index contributed by atoms with van der Waals surface area (Å²) in [5.41, 5.74) is 0.820. The van der Waals surface area contributed by atoms with Gasteiger partial charge >= 0.3 is 0 Å². The first kappa shape index (κ1) is 13.2. The fraction of sp³-hybridized carbons (Fsp3) is 0.769. The number of imidazole rings is 1. The van der Waals surface area contributed by atoms with Crippen LogP contribution in [0.2, 0.25) is 0 Å². The Labute approximate surface area is 98.3 Å². The van der Waals surface area contributed by atoms with Gasteiger partial charge in [0.1, 0.15) is 5.82 Å². The van der Waals surface area contributed by atoms with E-state index in [9.17, 15) is 5.11 Å². The van der Waals surface area contributed by atoms with Gasteiger partial charge in [0.2, 0.25) is 0 Å². The molecule has 0 aromatic carbocycles. The Kier molecular flexibility index (Phi) is 6.16. The Bertz CT molecular complexity index is 281. The highest BCUT2D eigenvalue weighted by Gasteiger charge is 2.04. The van der Waals surface area contributed by atoms with E-state index in [1.807, 2.05) is 0 Å². The van der Waals surface area contributed by atoms with Crippen molar-refractivity contribution < 1.29 is 5.11 Å². The molecular weight excluding hydrogens is 200 g/mol. The van der Waals surface area contributed by atoms with Crippen molar-refractivity contribution in [1.82, 2.24) is 9.97 Å². The quantitative estimate of drug-likeness (QED) is 0.665. The van der Waals surface area contributed by atoms with Crippen LogP contribution in [0.4, 0.5) is 0 Å². The van der Waals surface area contributed by atoms with Crippen molar-refractivity contribution in [3.8, 4) is 0 Å². The van der Waals surface area contributed by atoms with Crippen molar-refractivity contribution in [1.29, 1.82) is 0 Å². The Morgan fingerprint density at radius 2 is 1.94 bits per heavy atom. The highest BCUT2D eigenvalue weighted by molar-refractivity contribution is 5.03. The molecule has 1 heterocycles. The van der Waals surface area contributed by atoms with Crippen molar-refractivity contribution in [2.45, 2.75) is 64.9 Å². The third-order valence-corrected chi connectivity index (χ3v) is 2.87. The second kappa shape index (κ2) is 7.44. The summed E-state index contributed by atoms with van der Waals surface area (Å²) in [5, 5.41) is 9.33. The number of aliphatic hydroxyl groups excluding tert-OH is 1. The normalized spacial score (nSPS) is 12.9. The van der Waals surface area contributed by atoms with Gasteiger partial charge in [-0.15, -0.1) is 0 Å². The van der Waals surface area contributed by atoms with Crippen molar-refractivity contribution in [3.05, 3.63) is 17.7 Å². The number of H-pyrrole nitrogens is 1. The zero-order valence-corrected chi connectivity index (χ0v) is 10.5. The van der Waals surface area contributed by atoms with E-state index in [0.717, 1.165) is 17.9 Å². The zero-order valence-electron chi connectivity index (χ0n) is 10.5. The molecule has 92 valence electrons. The van der Waals surface area contributed by atoms with Gasteiger partial charge in [-0.1, -0.05) is 39.0 Å². The molecular formula is C13H24N2O. The van der Waals surface area contributed by atoms with Crippen LogP contribution in [-0.2, 0) is 6.42 Å². The standard InChI is InChI=1S/C13H24N2O/c1-3-4-5-6-7-8-9-13-14-10-12(15-13)11(2)16/h10-11,16H,3-9H2,1-2H3,(H,14,15). The first-order valence-corrected chi connectivity index (χ1v) is 6.46. The van der Waals surface area contributed by atoms with Gasteiger partial charge in [0.15, 0.2) is 0 Å². The molecule has 0 aliphatic heterocycles. The predicted octanol–water partition coefficient (Wildman–Crippen LogP) is 3.37. The molecule has 3 nitrogen and oxygen atoms in total. The lowest BCUT2D eigenvalue weighted by atomic mass is 10.1. The molecule has 0 fully saturated rings. The molecule has 0 radical (unpaired) electrons. The third kappa shape index (κ3) is 4.79. The molecule has 0 aliphatic carbocycles. The largest absolute Gasteiger partial charge is 0.387 e. The maximum absolute atomic E-state index is 9.33. The molecule has 16 heavy (non-hydrogen) atoms. The lowest BCUT2D eigenvalue weighted by Gasteiger charge is -2.00. The summed E-state index contributed by atoms with van der Waals surface area (Å²) < 4.78 is 0. The van der Waals surface area contributed by atoms with E-state index in [2.05, 4.69) is 16.9 Å². The van der Waals surface area contributed by atoms with E-state index in [1.165, 1.54) is 38.5 Å². The molecule has 0 saturated heterocycles. The number of unbranched alkanes of at least 4 members (excludes halogenated alkanes) is 5. The lowest BCUT2D eigenvalue weighted by Crippen LogP contribution is -1.93. The average Bonchev–Trinajstić information content (AvgIpc) is 2.72. The summed E-state index contributed by atoms with van der Waals surface area (Å²) in [5.74, 6) is 1.01. The van der Waals surface area contributed by atoms with Gasteiger partial charge < -0.3 is 10.1 Å². The minimum Gasteiger partial charge on any atom is -0.387 e. The highest BCUT2D eigenvalue weighted by Crippen LogP contribution is 2.11. The van der Waals surface area contributed by atoms with Gasteiger partial charge in [-0.25, -0.2) is 4.98 Å². The van der Waals surface area contributed by atoms with Crippen LogP contribution in [0.15, 0.2) is 6.20 Å². The molecule has 0 amide bonds. The van der Waals surface area contributed by atoms with E-state index in [1.54, 1.807) is 13.1 Å². The highest BCUT2D eigenvalue weighted by atomic mass is 16.3. The van der Waals surface area contributed by atoms with Crippen LogP contribution >= 0.6 is 0 Å². The Morgan fingerprint density at radius 3 is 2.56 bits per heavy atom. The second-order valence-electron chi connectivity index (χ2n) is 4.48. The number of nitrogens with one attached hydrogen (secondary N) is 1. The molecule has 0 spiro atoms. The SMILES string of the molecule is CCCCCCCCc1ncc(C(C)O)[nH]1. The number of nitrogens with zero attached hydrogens (tertiary/aromatic N) is 1. The van der Waals surface area contributed by atoms with Crippen molar-refractivity contribution in [2.75, 3.05) is 0 Å². The molecule has 1 aromatic heterocycles. The summed E-state index contributed by atoms with van der Waals surface area (Å²) in [6, 6.07) is 0. The van der Waals surface area contributed by atoms with Gasteiger partial charge in [-0.3, -0.25) is 0 Å². The lowest BCUT2D eigenvalue weighted by molar-refractivity contribution is 0.194. The maximum atomic E-state index is 9.33. The van der Waals surface area contributed by atoms with Crippen molar-refractivity contribution in [3.63, 3.8) is 0 Å². The monoisotopic (exact) mass is 224 g/mol. The van der Waals surface area contributed by atoms with E-state index < -0.39 is 6.10 Å². The summed E-state index contributed by atoms with van der Waals surface area (Å²) in [4.78, 5) is 7.41. The summed E-state index contributed by atoms with van der Waals surface area (Å²) in [7, 11) is 0. The van der Waals surface area contributed by atoms with Crippen LogP contribution < -0.4 is 0 Å². The minimum absolute atomic E-state index is 0.439. The zero-order chi connectivity index (χ0) is 11.8. The molecule has 0 saturated carbocycles. The second-order valence-corrected chi connectivity index (χ2v) is 4.48. The topological polar surface area (TPSA) is 48.9 Å². The van der Waals surface area contributed by atoms with Gasteiger partial charge in [-0.05, 0) is 13.3 Å². The number of hydrogen-bond acceptors (Lipinski definition) is 2. The van der Waals surface area contributed by atoms with Crippen LogP contribution in [0.3, 0.4) is 0 Å². The first-order valence-electron chi connectivity index (χ1n) is 6.46. The smallest absolute Gasteiger partial charge is 0.106 e. The minimum atomic E-state index is -0.439. The summed E-state index contributed by atoms with van der Waals surface area (Å²) >= 11 is 0. The molecule has 0 aliphatic rings. The first-order chi connectivity index (χ1) is 7.74. The number of aliphatic hydroxyl groups is 1. The third-order valence-electron chi connectivity index (χ3n) is 2.87. The van der Waals surface area contributed by atoms with Crippen LogP contribution in [0, 0.1) is 0 Å². The van der Waals surface area contributed by atoms with E-state index in [0.29, 0.717) is 0 Å². The van der Waals surface area contributed by atoms with E-state index in [-0.39, 0.29) is 0 Å². The fourth-order valence-corrected chi connectivity index (χ4v) is 1.79. The Morgan fingerprint density at radius 1 is 1.25 bits per heavy atom. The molecule has 3 heteroatoms. The number of aromatic nitrogens is 2. The van der Waals surface area contributed by atoms with Gasteiger partial charge in [0.25, 0.3) is 0 Å². The molecule has 1 unspecified atom stereocenters. The summed E-state index contributed by atoms with van der Waals surface area (Å²) in [6.45, 7) is 3.99. The summed E-state index contributed by atoms with van der Waals surface area (Å²) in [6.07, 6.45) is 10.1. The van der Waals surface area contributed by atoms with Gasteiger partial charge in [-0.2, -0.15) is 0 Å².